The summed E-state index contributed by atoms with van der Waals surface area (Å²) in [6.45, 7) is 3.22. The van der Waals surface area contributed by atoms with Gasteiger partial charge in [0.2, 0.25) is 17.7 Å². The molecule has 6 nitrogen and oxygen atoms in total. The topological polar surface area (TPSA) is 83.7 Å². The van der Waals surface area contributed by atoms with Gasteiger partial charge >= 0.3 is 0 Å². The van der Waals surface area contributed by atoms with Gasteiger partial charge in [0.25, 0.3) is 0 Å². The minimum Gasteiger partial charge on any atom is -0.338 e. The predicted octanol–water partition coefficient (Wildman–Crippen LogP) is 1.09. The number of rotatable bonds is 5. The summed E-state index contributed by atoms with van der Waals surface area (Å²) in [5.41, 5.74) is 5.78. The Morgan fingerprint density at radius 3 is 2.32 bits per heavy atom. The number of imide groups is 1. The van der Waals surface area contributed by atoms with Crippen LogP contribution in [0.2, 0.25) is 0 Å². The summed E-state index contributed by atoms with van der Waals surface area (Å²) in [7, 11) is 0. The van der Waals surface area contributed by atoms with Gasteiger partial charge in [0.05, 0.1) is 11.8 Å². The van der Waals surface area contributed by atoms with Crippen LogP contribution in [-0.4, -0.2) is 64.7 Å². The zero-order chi connectivity index (χ0) is 18.1. The van der Waals surface area contributed by atoms with Crippen LogP contribution in [0.25, 0.3) is 0 Å². The average Bonchev–Trinajstić information content (AvgIpc) is 3.11. The molecule has 3 amide bonds. The Morgan fingerprint density at radius 2 is 1.84 bits per heavy atom. The number of carbonyl (C=O) groups is 3. The molecule has 3 aliphatic rings. The highest BCUT2D eigenvalue weighted by Gasteiger charge is 2.52. The van der Waals surface area contributed by atoms with Crippen LogP contribution in [0.1, 0.15) is 39.0 Å². The second kappa shape index (κ2) is 7.66. The zero-order valence-corrected chi connectivity index (χ0v) is 16.0. The molecule has 5 atom stereocenters. The smallest absolute Gasteiger partial charge is 0.246 e. The van der Waals surface area contributed by atoms with Crippen molar-refractivity contribution in [2.75, 3.05) is 25.1 Å². The molecule has 0 spiro atoms. The molecule has 0 radical (unpaired) electrons. The third-order valence-corrected chi connectivity index (χ3v) is 6.72. The van der Waals surface area contributed by atoms with E-state index in [1.54, 1.807) is 0 Å². The van der Waals surface area contributed by atoms with E-state index in [0.29, 0.717) is 24.8 Å². The monoisotopic (exact) mass is 367 g/mol. The van der Waals surface area contributed by atoms with E-state index in [2.05, 4.69) is 0 Å². The molecule has 140 valence electrons. The maximum Gasteiger partial charge on any atom is 0.246 e. The number of carbonyl (C=O) groups excluding carboxylic acids is 3. The zero-order valence-electron chi connectivity index (χ0n) is 15.1. The lowest BCUT2D eigenvalue weighted by Gasteiger charge is -2.31. The lowest BCUT2D eigenvalue weighted by molar-refractivity contribution is -0.151. The Bertz CT molecular complexity index is 532. The van der Waals surface area contributed by atoms with Gasteiger partial charge in [-0.15, -0.1) is 0 Å². The van der Waals surface area contributed by atoms with Gasteiger partial charge in [-0.05, 0) is 44.9 Å². The first-order valence-corrected chi connectivity index (χ1v) is 10.7. The highest BCUT2D eigenvalue weighted by atomic mass is 32.2. The molecule has 3 rings (SSSR count). The van der Waals surface area contributed by atoms with Crippen LogP contribution in [0.5, 0.6) is 0 Å². The lowest BCUT2D eigenvalue weighted by Crippen LogP contribution is -2.53. The summed E-state index contributed by atoms with van der Waals surface area (Å²) in [5.74, 6) is 0.0392. The Hall–Kier alpha value is -1.08. The van der Waals surface area contributed by atoms with Crippen LogP contribution in [0, 0.1) is 17.8 Å². The molecule has 0 aromatic carbocycles. The summed E-state index contributed by atoms with van der Waals surface area (Å²) < 4.78 is 0. The Morgan fingerprint density at radius 1 is 1.24 bits per heavy atom. The largest absolute Gasteiger partial charge is 0.338 e. The number of fused-ring (bicyclic) bond motifs is 1. The van der Waals surface area contributed by atoms with E-state index in [1.165, 1.54) is 16.7 Å². The molecule has 25 heavy (non-hydrogen) atoms. The van der Waals surface area contributed by atoms with E-state index in [0.717, 1.165) is 32.1 Å². The van der Waals surface area contributed by atoms with Crippen LogP contribution in [-0.2, 0) is 14.4 Å². The van der Waals surface area contributed by atoms with E-state index >= 15 is 0 Å². The molecule has 1 saturated carbocycles. The van der Waals surface area contributed by atoms with Gasteiger partial charge in [0.15, 0.2) is 0 Å². The quantitative estimate of drug-likeness (QED) is 0.736. The normalized spacial score (nSPS) is 33.7. The van der Waals surface area contributed by atoms with E-state index in [1.807, 2.05) is 18.1 Å². The fourth-order valence-corrected chi connectivity index (χ4v) is 5.33. The molecule has 2 saturated heterocycles. The second-order valence-corrected chi connectivity index (χ2v) is 8.60. The SMILES string of the molecule is CSCC(C(=O)N1CC(CN)CC1C)N1C(=O)C2CCCCC2C1=O. The standard InChI is InChI=1S/C18H29N3O3S/c1-11-7-12(8-19)9-20(11)18(24)15(10-25-2)21-16(22)13-5-3-4-6-14(13)17(21)23/h11-15H,3-10,19H2,1-2H3. The summed E-state index contributed by atoms with van der Waals surface area (Å²) in [6, 6.07) is -0.555. The van der Waals surface area contributed by atoms with Crippen LogP contribution in [0.3, 0.4) is 0 Å². The molecule has 2 N–H and O–H groups in total. The van der Waals surface area contributed by atoms with Crippen molar-refractivity contribution in [1.82, 2.24) is 9.80 Å². The Kier molecular flexibility index (Phi) is 5.73. The van der Waals surface area contributed by atoms with Crippen molar-refractivity contribution in [2.24, 2.45) is 23.5 Å². The first-order chi connectivity index (χ1) is 12.0. The van der Waals surface area contributed by atoms with Crippen molar-refractivity contribution < 1.29 is 14.4 Å². The maximum absolute atomic E-state index is 13.2. The third kappa shape index (κ3) is 3.33. The van der Waals surface area contributed by atoms with Gasteiger partial charge in [-0.1, -0.05) is 12.8 Å². The van der Waals surface area contributed by atoms with Crippen molar-refractivity contribution in [2.45, 2.75) is 51.1 Å². The van der Waals surface area contributed by atoms with Gasteiger partial charge in [-0.3, -0.25) is 19.3 Å². The van der Waals surface area contributed by atoms with Crippen molar-refractivity contribution >= 4 is 29.5 Å². The molecule has 0 bridgehead atoms. The number of nitrogens with two attached hydrogens (primary N) is 1. The Balaban J connectivity index is 1.82. The minimum atomic E-state index is -0.667. The molecular weight excluding hydrogens is 338 g/mol. The highest BCUT2D eigenvalue weighted by Crippen LogP contribution is 2.39. The number of hydrogen-bond acceptors (Lipinski definition) is 5. The van der Waals surface area contributed by atoms with Crippen LogP contribution in [0.4, 0.5) is 0 Å². The lowest BCUT2D eigenvalue weighted by atomic mass is 9.81. The average molecular weight is 368 g/mol. The molecule has 1 aliphatic carbocycles. The molecule has 7 heteroatoms. The van der Waals surface area contributed by atoms with Crippen LogP contribution < -0.4 is 5.73 Å². The molecule has 2 aliphatic heterocycles. The second-order valence-electron chi connectivity index (χ2n) is 7.69. The van der Waals surface area contributed by atoms with Gasteiger partial charge in [-0.25, -0.2) is 0 Å². The number of likely N-dealkylation sites (tertiary alicyclic amines) is 2. The molecule has 0 aromatic rings. The predicted molar refractivity (Wildman–Crippen MR) is 97.8 cm³/mol. The van der Waals surface area contributed by atoms with Gasteiger partial charge < -0.3 is 10.6 Å². The number of amides is 3. The van der Waals surface area contributed by atoms with Crippen LogP contribution in [0.15, 0.2) is 0 Å². The van der Waals surface area contributed by atoms with Crippen molar-refractivity contribution in [3.05, 3.63) is 0 Å². The number of nitrogens with zero attached hydrogens (tertiary/aromatic N) is 2. The molecule has 3 fully saturated rings. The molecule has 5 unspecified atom stereocenters. The summed E-state index contributed by atoms with van der Waals surface area (Å²) in [4.78, 5) is 42.2. The van der Waals surface area contributed by atoms with Crippen molar-refractivity contribution in [3.63, 3.8) is 0 Å². The molecule has 0 aromatic heterocycles. The number of thioether (sulfide) groups is 1. The fourth-order valence-electron chi connectivity index (χ4n) is 4.72. The van der Waals surface area contributed by atoms with E-state index in [4.69, 9.17) is 5.73 Å². The van der Waals surface area contributed by atoms with E-state index in [9.17, 15) is 14.4 Å². The van der Waals surface area contributed by atoms with Crippen LogP contribution >= 0.6 is 11.8 Å². The highest BCUT2D eigenvalue weighted by molar-refractivity contribution is 7.98. The number of hydrogen-bond donors (Lipinski definition) is 1. The first-order valence-electron chi connectivity index (χ1n) is 9.36. The summed E-state index contributed by atoms with van der Waals surface area (Å²) >= 11 is 1.51. The van der Waals surface area contributed by atoms with Gasteiger partial charge in [0.1, 0.15) is 6.04 Å². The summed E-state index contributed by atoms with van der Waals surface area (Å²) in [6.07, 6.45) is 6.35. The van der Waals surface area contributed by atoms with Crippen molar-refractivity contribution in [3.8, 4) is 0 Å². The molecule has 2 heterocycles. The van der Waals surface area contributed by atoms with Gasteiger partial charge in [-0.2, -0.15) is 11.8 Å². The first kappa shape index (κ1) is 18.7. The minimum absolute atomic E-state index is 0.0850. The maximum atomic E-state index is 13.2. The van der Waals surface area contributed by atoms with E-state index in [-0.39, 0.29) is 35.6 Å². The van der Waals surface area contributed by atoms with E-state index < -0.39 is 6.04 Å². The van der Waals surface area contributed by atoms with Crippen molar-refractivity contribution in [1.29, 1.82) is 0 Å². The summed E-state index contributed by atoms with van der Waals surface area (Å²) in [5, 5.41) is 0. The molecular formula is C18H29N3O3S. The fraction of sp³-hybridized carbons (Fsp3) is 0.833. The van der Waals surface area contributed by atoms with Gasteiger partial charge in [0, 0.05) is 18.3 Å². The third-order valence-electron chi connectivity index (χ3n) is 6.07. The Labute approximate surface area is 153 Å².